The van der Waals surface area contributed by atoms with Gasteiger partial charge in [0.2, 0.25) is 5.91 Å². The SMILES string of the molecule is COC(=O)c1cn([C@@H]2CN[C@H](C(=O)N3CCC(F)(F)C3)C2)nn1. The summed E-state index contributed by atoms with van der Waals surface area (Å²) in [5, 5.41) is 10.6. The highest BCUT2D eigenvalue weighted by atomic mass is 19.3. The lowest BCUT2D eigenvalue weighted by atomic mass is 10.1. The van der Waals surface area contributed by atoms with Crippen LogP contribution in [0.5, 0.6) is 0 Å². The Hall–Kier alpha value is -2.10. The number of hydrogen-bond acceptors (Lipinski definition) is 6. The molecule has 0 spiro atoms. The van der Waals surface area contributed by atoms with Crippen molar-refractivity contribution in [1.82, 2.24) is 25.2 Å². The minimum Gasteiger partial charge on any atom is -0.464 e. The lowest BCUT2D eigenvalue weighted by Gasteiger charge is -2.20. The van der Waals surface area contributed by atoms with Crippen LogP contribution in [0.15, 0.2) is 6.20 Å². The first-order valence-corrected chi connectivity index (χ1v) is 7.30. The van der Waals surface area contributed by atoms with Crippen LogP contribution in [0.2, 0.25) is 0 Å². The van der Waals surface area contributed by atoms with Crippen LogP contribution in [0.25, 0.3) is 0 Å². The molecule has 3 heterocycles. The molecule has 2 fully saturated rings. The average molecular weight is 329 g/mol. The first-order chi connectivity index (χ1) is 10.9. The highest BCUT2D eigenvalue weighted by Gasteiger charge is 2.43. The van der Waals surface area contributed by atoms with Crippen molar-refractivity contribution in [3.05, 3.63) is 11.9 Å². The van der Waals surface area contributed by atoms with Crippen LogP contribution in [-0.2, 0) is 9.53 Å². The Balaban J connectivity index is 1.61. The maximum absolute atomic E-state index is 13.2. The van der Waals surface area contributed by atoms with Gasteiger partial charge in [-0.3, -0.25) is 4.79 Å². The molecule has 0 bridgehead atoms. The lowest BCUT2D eigenvalue weighted by Crippen LogP contribution is -2.43. The van der Waals surface area contributed by atoms with Crippen LogP contribution in [0.1, 0.15) is 29.4 Å². The number of amides is 1. The van der Waals surface area contributed by atoms with Gasteiger partial charge in [-0.1, -0.05) is 5.21 Å². The molecule has 2 aliphatic heterocycles. The summed E-state index contributed by atoms with van der Waals surface area (Å²) in [6, 6.07) is -0.697. The van der Waals surface area contributed by atoms with E-state index in [9.17, 15) is 18.4 Å². The monoisotopic (exact) mass is 329 g/mol. The second-order valence-corrected chi connectivity index (χ2v) is 5.79. The summed E-state index contributed by atoms with van der Waals surface area (Å²) in [5.41, 5.74) is 0.0847. The van der Waals surface area contributed by atoms with Gasteiger partial charge >= 0.3 is 5.97 Å². The Morgan fingerprint density at radius 3 is 2.91 bits per heavy atom. The zero-order valence-electron chi connectivity index (χ0n) is 12.5. The van der Waals surface area contributed by atoms with Gasteiger partial charge in [0.05, 0.1) is 31.9 Å². The number of aromatic nitrogens is 3. The molecule has 0 aromatic carbocycles. The number of hydrogen-bond donors (Lipinski definition) is 1. The number of nitrogens with zero attached hydrogens (tertiary/aromatic N) is 4. The molecule has 8 nitrogen and oxygen atoms in total. The highest BCUT2D eigenvalue weighted by molar-refractivity contribution is 5.86. The van der Waals surface area contributed by atoms with Crippen molar-refractivity contribution in [2.24, 2.45) is 0 Å². The molecule has 126 valence electrons. The fourth-order valence-corrected chi connectivity index (χ4v) is 2.90. The third kappa shape index (κ3) is 3.16. The predicted molar refractivity (Wildman–Crippen MR) is 73.0 cm³/mol. The number of methoxy groups -OCH3 is 1. The first-order valence-electron chi connectivity index (χ1n) is 7.30. The van der Waals surface area contributed by atoms with Crippen LogP contribution in [-0.4, -0.2) is 70.5 Å². The van der Waals surface area contributed by atoms with E-state index in [1.807, 2.05) is 0 Å². The van der Waals surface area contributed by atoms with E-state index < -0.39 is 24.5 Å². The van der Waals surface area contributed by atoms with Gasteiger partial charge in [-0.15, -0.1) is 5.10 Å². The summed E-state index contributed by atoms with van der Waals surface area (Å²) in [5.74, 6) is -3.71. The molecule has 2 aliphatic rings. The van der Waals surface area contributed by atoms with E-state index in [1.54, 1.807) is 0 Å². The van der Waals surface area contributed by atoms with E-state index in [0.29, 0.717) is 13.0 Å². The van der Waals surface area contributed by atoms with Crippen LogP contribution in [0, 0.1) is 0 Å². The fraction of sp³-hybridized carbons (Fsp3) is 0.692. The Morgan fingerprint density at radius 1 is 1.48 bits per heavy atom. The highest BCUT2D eigenvalue weighted by Crippen LogP contribution is 2.29. The average Bonchev–Trinajstić information content (AvgIpc) is 3.23. The Kier molecular flexibility index (Phi) is 4.00. The van der Waals surface area contributed by atoms with Crippen molar-refractivity contribution in [1.29, 1.82) is 0 Å². The molecule has 1 aromatic rings. The first kappa shape index (κ1) is 15.8. The molecule has 0 unspecified atom stereocenters. The molecule has 0 aliphatic carbocycles. The zero-order valence-corrected chi connectivity index (χ0v) is 12.5. The molecule has 1 aromatic heterocycles. The van der Waals surface area contributed by atoms with E-state index in [0.717, 1.165) is 0 Å². The van der Waals surface area contributed by atoms with Gasteiger partial charge in [0.1, 0.15) is 0 Å². The van der Waals surface area contributed by atoms with Gasteiger partial charge in [0.15, 0.2) is 5.69 Å². The van der Waals surface area contributed by atoms with Gasteiger partial charge in [-0.25, -0.2) is 18.3 Å². The predicted octanol–water partition coefficient (Wildman–Crippen LogP) is -0.165. The van der Waals surface area contributed by atoms with E-state index in [2.05, 4.69) is 20.4 Å². The summed E-state index contributed by atoms with van der Waals surface area (Å²) in [4.78, 5) is 24.8. The number of likely N-dealkylation sites (tertiary alicyclic amines) is 1. The number of nitrogens with one attached hydrogen (secondary N) is 1. The smallest absolute Gasteiger partial charge is 0.360 e. The standard InChI is InChI=1S/C13H17F2N5O3/c1-23-12(22)10-6-20(18-17-10)8-4-9(16-5-8)11(21)19-3-2-13(14,15)7-19/h6,8-9,16H,2-5,7H2,1H3/t8-,9-/m0/s1. The molecule has 0 saturated carbocycles. The Morgan fingerprint density at radius 2 is 2.26 bits per heavy atom. The van der Waals surface area contributed by atoms with Gasteiger partial charge in [-0.2, -0.15) is 0 Å². The van der Waals surface area contributed by atoms with E-state index in [4.69, 9.17) is 0 Å². The number of esters is 1. The van der Waals surface area contributed by atoms with Crippen LogP contribution in [0.3, 0.4) is 0 Å². The third-order valence-corrected chi connectivity index (χ3v) is 4.17. The molecule has 2 saturated heterocycles. The molecule has 1 N–H and O–H groups in total. The summed E-state index contributed by atoms with van der Waals surface area (Å²) in [7, 11) is 1.25. The Bertz CT molecular complexity index is 621. The van der Waals surface area contributed by atoms with Crippen molar-refractivity contribution < 1.29 is 23.1 Å². The molecule has 2 atom stereocenters. The maximum Gasteiger partial charge on any atom is 0.360 e. The number of carbonyl (C=O) groups is 2. The number of carbonyl (C=O) groups excluding carboxylic acids is 2. The van der Waals surface area contributed by atoms with Crippen molar-refractivity contribution in [3.8, 4) is 0 Å². The molecule has 3 rings (SSSR count). The largest absolute Gasteiger partial charge is 0.464 e. The maximum atomic E-state index is 13.2. The van der Waals surface area contributed by atoms with E-state index in [1.165, 1.54) is 22.9 Å². The Labute approximate surface area is 130 Å². The summed E-state index contributed by atoms with van der Waals surface area (Å²) in [6.45, 7) is -0.000396. The second kappa shape index (κ2) is 5.84. The quantitative estimate of drug-likeness (QED) is 0.775. The topological polar surface area (TPSA) is 89.4 Å². The lowest BCUT2D eigenvalue weighted by molar-refractivity contribution is -0.133. The molecule has 0 radical (unpaired) electrons. The summed E-state index contributed by atoms with van der Waals surface area (Å²) in [6.07, 6.45) is 1.57. The van der Waals surface area contributed by atoms with Gasteiger partial charge in [-0.05, 0) is 6.42 Å². The molecule has 10 heteroatoms. The third-order valence-electron chi connectivity index (χ3n) is 4.17. The molecule has 1 amide bonds. The number of ether oxygens (including phenoxy) is 1. The van der Waals surface area contributed by atoms with Crippen molar-refractivity contribution >= 4 is 11.9 Å². The normalized spacial score (nSPS) is 26.5. The molecular formula is C13H17F2N5O3. The second-order valence-electron chi connectivity index (χ2n) is 5.79. The summed E-state index contributed by atoms with van der Waals surface area (Å²) < 4.78 is 32.5. The van der Waals surface area contributed by atoms with Crippen molar-refractivity contribution in [2.75, 3.05) is 26.7 Å². The summed E-state index contributed by atoms with van der Waals surface area (Å²) >= 11 is 0. The minimum atomic E-state index is -2.80. The van der Waals surface area contributed by atoms with E-state index >= 15 is 0 Å². The zero-order chi connectivity index (χ0) is 16.6. The van der Waals surface area contributed by atoms with Crippen molar-refractivity contribution in [3.63, 3.8) is 0 Å². The molecule has 23 heavy (non-hydrogen) atoms. The van der Waals surface area contributed by atoms with Crippen LogP contribution in [0.4, 0.5) is 8.78 Å². The minimum absolute atomic E-state index is 0.0739. The van der Waals surface area contributed by atoms with Crippen LogP contribution < -0.4 is 5.32 Å². The van der Waals surface area contributed by atoms with Crippen LogP contribution >= 0.6 is 0 Å². The fourth-order valence-electron chi connectivity index (χ4n) is 2.90. The number of rotatable bonds is 3. The van der Waals surface area contributed by atoms with Gasteiger partial charge in [0, 0.05) is 19.5 Å². The number of halogens is 2. The number of alkyl halides is 2. The van der Waals surface area contributed by atoms with E-state index in [-0.39, 0.29) is 30.6 Å². The van der Waals surface area contributed by atoms with Crippen molar-refractivity contribution in [2.45, 2.75) is 30.8 Å². The molecular weight excluding hydrogens is 312 g/mol. The van der Waals surface area contributed by atoms with Gasteiger partial charge < -0.3 is 15.0 Å². The van der Waals surface area contributed by atoms with Gasteiger partial charge in [0.25, 0.3) is 5.92 Å².